The molecule has 4 rings (SSSR count). The van der Waals surface area contributed by atoms with Crippen molar-refractivity contribution in [2.45, 2.75) is 19.9 Å². The van der Waals surface area contributed by atoms with Crippen LogP contribution in [0.3, 0.4) is 0 Å². The van der Waals surface area contributed by atoms with Crippen LogP contribution in [-0.4, -0.2) is 64.2 Å². The van der Waals surface area contributed by atoms with Crippen LogP contribution >= 0.6 is 0 Å². The summed E-state index contributed by atoms with van der Waals surface area (Å²) in [5.41, 5.74) is 2.49. The van der Waals surface area contributed by atoms with E-state index >= 15 is 0 Å². The zero-order valence-electron chi connectivity index (χ0n) is 18.1. The molecular formula is C24H26N4O4. The van der Waals surface area contributed by atoms with Crippen LogP contribution in [0.2, 0.25) is 0 Å². The molecule has 0 atom stereocenters. The molecule has 0 N–H and O–H groups in total. The summed E-state index contributed by atoms with van der Waals surface area (Å²) >= 11 is 0. The highest BCUT2D eigenvalue weighted by atomic mass is 16.6. The van der Waals surface area contributed by atoms with Gasteiger partial charge in [0.05, 0.1) is 10.5 Å². The van der Waals surface area contributed by atoms with Crippen molar-refractivity contribution in [1.82, 2.24) is 14.7 Å². The van der Waals surface area contributed by atoms with Gasteiger partial charge >= 0.3 is 0 Å². The van der Waals surface area contributed by atoms with E-state index in [4.69, 9.17) is 0 Å². The third-order valence-corrected chi connectivity index (χ3v) is 5.90. The number of hydrogen-bond donors (Lipinski definition) is 0. The van der Waals surface area contributed by atoms with Crippen molar-refractivity contribution in [2.75, 3.05) is 32.7 Å². The molecule has 1 fully saturated rings. The lowest BCUT2D eigenvalue weighted by Crippen LogP contribution is -2.47. The van der Waals surface area contributed by atoms with Gasteiger partial charge in [-0.05, 0) is 29.7 Å². The van der Waals surface area contributed by atoms with E-state index in [9.17, 15) is 19.7 Å². The van der Waals surface area contributed by atoms with Gasteiger partial charge in [-0.1, -0.05) is 37.3 Å². The first-order valence-electron chi connectivity index (χ1n) is 10.9. The lowest BCUT2D eigenvalue weighted by Gasteiger charge is -2.36. The molecule has 0 aromatic heterocycles. The minimum atomic E-state index is -0.476. The average Bonchev–Trinajstić information content (AvgIpc) is 3.05. The van der Waals surface area contributed by atoms with Gasteiger partial charge in [0.25, 0.3) is 17.5 Å². The highest BCUT2D eigenvalue weighted by molar-refractivity contribution is 6.35. The molecule has 0 radical (unpaired) electrons. The SMILES string of the molecule is CCCN1C(=O)C(c2ccc([N+](=O)[O-])cc2)=C(N2CCN(Cc3ccccc3)CC2)C1=O. The van der Waals surface area contributed by atoms with Crippen LogP contribution in [0.15, 0.2) is 60.3 Å². The maximum Gasteiger partial charge on any atom is 0.277 e. The first kappa shape index (κ1) is 21.7. The van der Waals surface area contributed by atoms with Gasteiger partial charge in [0.15, 0.2) is 0 Å². The Balaban J connectivity index is 1.58. The zero-order chi connectivity index (χ0) is 22.7. The number of piperazine rings is 1. The van der Waals surface area contributed by atoms with Crippen molar-refractivity contribution < 1.29 is 14.5 Å². The molecule has 0 saturated carbocycles. The second-order valence-electron chi connectivity index (χ2n) is 8.04. The van der Waals surface area contributed by atoms with Crippen LogP contribution in [0.4, 0.5) is 5.69 Å². The Labute approximate surface area is 186 Å². The van der Waals surface area contributed by atoms with Crippen molar-refractivity contribution in [1.29, 1.82) is 0 Å². The standard InChI is InChI=1S/C24H26N4O4/c1-2-12-27-23(29)21(19-8-10-20(11-9-19)28(31)32)22(24(27)30)26-15-13-25(14-16-26)17-18-6-4-3-5-7-18/h3-11H,2,12-17H2,1H3. The quantitative estimate of drug-likeness (QED) is 0.378. The highest BCUT2D eigenvalue weighted by Gasteiger charge is 2.41. The topological polar surface area (TPSA) is 87.0 Å². The van der Waals surface area contributed by atoms with Crippen molar-refractivity contribution in [3.05, 3.63) is 81.5 Å². The Morgan fingerprint density at radius 3 is 2.16 bits per heavy atom. The number of hydrogen-bond acceptors (Lipinski definition) is 6. The third-order valence-electron chi connectivity index (χ3n) is 5.90. The zero-order valence-corrected chi connectivity index (χ0v) is 18.1. The summed E-state index contributed by atoms with van der Waals surface area (Å²) in [6.07, 6.45) is 0.670. The summed E-state index contributed by atoms with van der Waals surface area (Å²) in [5, 5.41) is 11.0. The van der Waals surface area contributed by atoms with Crippen molar-refractivity contribution in [3.63, 3.8) is 0 Å². The fraction of sp³-hybridized carbons (Fsp3) is 0.333. The number of nitro groups is 1. The van der Waals surface area contributed by atoms with Crippen LogP contribution < -0.4 is 0 Å². The molecule has 0 unspecified atom stereocenters. The average molecular weight is 434 g/mol. The lowest BCUT2D eigenvalue weighted by atomic mass is 10.0. The number of benzene rings is 2. The van der Waals surface area contributed by atoms with Gasteiger partial charge in [-0.25, -0.2) is 0 Å². The number of amides is 2. The highest BCUT2D eigenvalue weighted by Crippen LogP contribution is 2.33. The van der Waals surface area contributed by atoms with Crippen molar-refractivity contribution in [2.24, 2.45) is 0 Å². The van der Waals surface area contributed by atoms with Crippen LogP contribution in [0.25, 0.3) is 5.57 Å². The number of rotatable bonds is 7. The first-order valence-corrected chi connectivity index (χ1v) is 10.9. The Kier molecular flexibility index (Phi) is 6.32. The lowest BCUT2D eigenvalue weighted by molar-refractivity contribution is -0.384. The predicted molar refractivity (Wildman–Crippen MR) is 120 cm³/mol. The molecule has 1 saturated heterocycles. The van der Waals surface area contributed by atoms with E-state index < -0.39 is 4.92 Å². The van der Waals surface area contributed by atoms with Gasteiger partial charge in [-0.2, -0.15) is 0 Å². The third kappa shape index (κ3) is 4.27. The van der Waals surface area contributed by atoms with Gasteiger partial charge in [0.1, 0.15) is 5.70 Å². The predicted octanol–water partition coefficient (Wildman–Crippen LogP) is 2.90. The summed E-state index contributed by atoms with van der Waals surface area (Å²) in [6, 6.07) is 16.1. The molecular weight excluding hydrogens is 408 g/mol. The Morgan fingerprint density at radius 2 is 1.56 bits per heavy atom. The van der Waals surface area contributed by atoms with Gasteiger partial charge in [-0.15, -0.1) is 0 Å². The second-order valence-corrected chi connectivity index (χ2v) is 8.04. The second kappa shape index (κ2) is 9.32. The van der Waals surface area contributed by atoms with E-state index in [1.54, 1.807) is 12.1 Å². The van der Waals surface area contributed by atoms with Crippen LogP contribution in [-0.2, 0) is 16.1 Å². The number of carbonyl (C=O) groups excluding carboxylic acids is 2. The van der Waals surface area contributed by atoms with E-state index in [1.807, 2.05) is 30.0 Å². The van der Waals surface area contributed by atoms with Crippen molar-refractivity contribution >= 4 is 23.1 Å². The molecule has 0 bridgehead atoms. The number of carbonyl (C=O) groups is 2. The maximum atomic E-state index is 13.2. The molecule has 0 aliphatic carbocycles. The van der Waals surface area contributed by atoms with E-state index in [-0.39, 0.29) is 17.5 Å². The summed E-state index contributed by atoms with van der Waals surface area (Å²) in [5.74, 6) is -0.603. The van der Waals surface area contributed by atoms with Gasteiger partial charge in [0.2, 0.25) is 0 Å². The Bertz CT molecular complexity index is 1040. The summed E-state index contributed by atoms with van der Waals surface area (Å²) < 4.78 is 0. The molecule has 2 aromatic rings. The molecule has 0 spiro atoms. The smallest absolute Gasteiger partial charge is 0.277 e. The van der Waals surface area contributed by atoms with Crippen LogP contribution in [0, 0.1) is 10.1 Å². The molecule has 2 aliphatic rings. The molecule has 8 heteroatoms. The fourth-order valence-corrected chi connectivity index (χ4v) is 4.26. The molecule has 8 nitrogen and oxygen atoms in total. The summed E-state index contributed by atoms with van der Waals surface area (Å²) in [6.45, 7) is 5.95. The molecule has 32 heavy (non-hydrogen) atoms. The fourth-order valence-electron chi connectivity index (χ4n) is 4.26. The molecule has 166 valence electrons. The van der Waals surface area contributed by atoms with Crippen LogP contribution in [0.1, 0.15) is 24.5 Å². The number of non-ortho nitro benzene ring substituents is 1. The molecule has 2 heterocycles. The number of nitrogens with zero attached hydrogens (tertiary/aromatic N) is 4. The minimum absolute atomic E-state index is 0.0485. The van der Waals surface area contributed by atoms with Crippen LogP contribution in [0.5, 0.6) is 0 Å². The monoisotopic (exact) mass is 434 g/mol. The van der Waals surface area contributed by atoms with E-state index in [2.05, 4.69) is 17.0 Å². The van der Waals surface area contributed by atoms with Gasteiger partial charge in [0, 0.05) is 51.4 Å². The number of nitro benzene ring substituents is 1. The van der Waals surface area contributed by atoms with Gasteiger partial charge in [-0.3, -0.25) is 29.5 Å². The number of imide groups is 1. The molecule has 2 amide bonds. The molecule has 2 aromatic carbocycles. The summed E-state index contributed by atoms with van der Waals surface area (Å²) in [7, 11) is 0. The first-order chi connectivity index (χ1) is 15.5. The van der Waals surface area contributed by atoms with E-state index in [1.165, 1.54) is 22.6 Å². The van der Waals surface area contributed by atoms with Gasteiger partial charge < -0.3 is 4.90 Å². The Morgan fingerprint density at radius 1 is 0.906 bits per heavy atom. The van der Waals surface area contributed by atoms with E-state index in [0.717, 1.165) is 19.6 Å². The Hall–Kier alpha value is -3.52. The normalized spacial score (nSPS) is 17.4. The van der Waals surface area contributed by atoms with Crippen molar-refractivity contribution in [3.8, 4) is 0 Å². The largest absolute Gasteiger partial charge is 0.364 e. The minimum Gasteiger partial charge on any atom is -0.364 e. The van der Waals surface area contributed by atoms with E-state index in [0.29, 0.717) is 42.9 Å². The summed E-state index contributed by atoms with van der Waals surface area (Å²) in [4.78, 5) is 42.5. The maximum absolute atomic E-state index is 13.2. The molecule has 2 aliphatic heterocycles.